The molecule has 0 aliphatic carbocycles. The van der Waals surface area contributed by atoms with Crippen molar-refractivity contribution in [2.24, 2.45) is 0 Å². The third-order valence-electron chi connectivity index (χ3n) is 9.19. The van der Waals surface area contributed by atoms with Gasteiger partial charge >= 0.3 is 0 Å². The molecule has 0 saturated carbocycles. The van der Waals surface area contributed by atoms with Crippen LogP contribution in [0, 0.1) is 0 Å². The fraction of sp³-hybridized carbons (Fsp3) is 0.345. The second kappa shape index (κ2) is 31.6. The lowest BCUT2D eigenvalue weighted by molar-refractivity contribution is 0.590. The maximum Gasteiger partial charge on any atom is 0.264 e. The summed E-state index contributed by atoms with van der Waals surface area (Å²) in [5.41, 5.74) is 8.27. The van der Waals surface area contributed by atoms with Crippen molar-refractivity contribution in [3.05, 3.63) is 191 Å². The molecule has 0 fully saturated rings. The fourth-order valence-corrected chi connectivity index (χ4v) is 9.71. The molecule has 0 unspecified atom stereocenters. The number of benzene rings is 6. The minimum Gasteiger partial charge on any atom is -0.266 e. The number of sulfonamides is 2. The molecule has 6 aromatic carbocycles. The minimum atomic E-state index is -3.53. The third kappa shape index (κ3) is 16.2. The van der Waals surface area contributed by atoms with Gasteiger partial charge in [-0.05, 0) is 95.5 Å². The van der Waals surface area contributed by atoms with Crippen LogP contribution in [0.5, 0.6) is 0 Å². The summed E-state index contributed by atoms with van der Waals surface area (Å²) in [5, 5.41) is 0. The molecule has 0 saturated heterocycles. The largest absolute Gasteiger partial charge is 0.266 e. The Balaban J connectivity index is 0.000000975. The van der Waals surface area contributed by atoms with Crippen molar-refractivity contribution in [3.8, 4) is 0 Å². The molecule has 2 aliphatic heterocycles. The van der Waals surface area contributed by atoms with Crippen molar-refractivity contribution in [2.45, 2.75) is 126 Å². The lowest BCUT2D eigenvalue weighted by Crippen LogP contribution is -2.29. The van der Waals surface area contributed by atoms with E-state index < -0.39 is 20.0 Å². The molecule has 2 heterocycles. The number of hydrogen-bond acceptors (Lipinski definition) is 4. The Morgan fingerprint density at radius 1 is 0.365 bits per heavy atom. The summed E-state index contributed by atoms with van der Waals surface area (Å²) in [7, 11) is -7.04. The van der Waals surface area contributed by atoms with Crippen LogP contribution < -0.4 is 8.61 Å². The summed E-state index contributed by atoms with van der Waals surface area (Å²) in [4.78, 5) is 0.707. The van der Waals surface area contributed by atoms with E-state index in [0.717, 1.165) is 59.3 Å². The Hall–Kier alpha value is -5.18. The summed E-state index contributed by atoms with van der Waals surface area (Å²) in [6.07, 6.45) is 3.05. The van der Waals surface area contributed by atoms with E-state index in [1.54, 1.807) is 24.3 Å². The summed E-state index contributed by atoms with van der Waals surface area (Å²) >= 11 is 0. The highest BCUT2D eigenvalue weighted by molar-refractivity contribution is 7.93. The van der Waals surface area contributed by atoms with Crippen LogP contribution in [0.3, 0.4) is 0 Å². The van der Waals surface area contributed by atoms with Gasteiger partial charge in [0.05, 0.1) is 21.2 Å². The van der Waals surface area contributed by atoms with Gasteiger partial charge in [-0.3, -0.25) is 8.61 Å². The van der Waals surface area contributed by atoms with Gasteiger partial charge in [0.25, 0.3) is 20.0 Å². The molecule has 344 valence electrons. The van der Waals surface area contributed by atoms with Crippen molar-refractivity contribution in [2.75, 3.05) is 21.7 Å². The van der Waals surface area contributed by atoms with Gasteiger partial charge in [-0.25, -0.2) is 16.8 Å². The number of para-hydroxylation sites is 2. The lowest BCUT2D eigenvalue weighted by Gasteiger charge is -2.20. The number of rotatable bonds is 8. The zero-order chi connectivity index (χ0) is 46.6. The summed E-state index contributed by atoms with van der Waals surface area (Å²) in [5.74, 6) is 0. The van der Waals surface area contributed by atoms with Crippen molar-refractivity contribution < 1.29 is 16.8 Å². The van der Waals surface area contributed by atoms with Gasteiger partial charge < -0.3 is 0 Å². The quantitative estimate of drug-likeness (QED) is 0.153. The fourth-order valence-electron chi connectivity index (χ4n) is 6.63. The predicted octanol–water partition coefficient (Wildman–Crippen LogP) is 14.9. The Bertz CT molecular complexity index is 2310. The van der Waals surface area contributed by atoms with Crippen LogP contribution >= 0.6 is 0 Å². The van der Waals surface area contributed by atoms with Crippen LogP contribution in [0.15, 0.2) is 168 Å². The number of hydrogen-bond donors (Lipinski definition) is 0. The minimum absolute atomic E-state index is 0. The second-order valence-corrected chi connectivity index (χ2v) is 16.3. The molecule has 2 aliphatic rings. The van der Waals surface area contributed by atoms with Gasteiger partial charge in [-0.1, -0.05) is 212 Å². The molecule has 0 spiro atoms. The first-order chi connectivity index (χ1) is 30.3. The lowest BCUT2D eigenvalue weighted by atomic mass is 10.1. The van der Waals surface area contributed by atoms with Crippen molar-refractivity contribution in [3.63, 3.8) is 0 Å². The van der Waals surface area contributed by atoms with Gasteiger partial charge in [0.15, 0.2) is 0 Å². The SMILES string of the molecule is C.CC.CC.CC.CC.CC.CC.O=S(=O)(c1ccc(Cc2ccccc2)cc1)N1CCc2ccccc21.O=S(=O)(c1cccc(Cc2ccccc2)c1)N1CCc2ccccc21. The van der Waals surface area contributed by atoms with E-state index >= 15 is 0 Å². The Morgan fingerprint density at radius 2 is 0.698 bits per heavy atom. The molecular weight excluding hydrogens is 817 g/mol. The average Bonchev–Trinajstić information content (AvgIpc) is 4.01. The molecule has 0 aromatic heterocycles. The van der Waals surface area contributed by atoms with Gasteiger partial charge in [0.1, 0.15) is 0 Å². The highest BCUT2D eigenvalue weighted by Crippen LogP contribution is 2.34. The maximum absolute atomic E-state index is 13.1. The first kappa shape index (κ1) is 57.8. The molecule has 6 aromatic rings. The molecular formula is C55H78N2O4S2. The monoisotopic (exact) mass is 895 g/mol. The number of anilines is 2. The van der Waals surface area contributed by atoms with Gasteiger partial charge in [0, 0.05) is 13.1 Å². The van der Waals surface area contributed by atoms with E-state index in [9.17, 15) is 16.8 Å². The van der Waals surface area contributed by atoms with Crippen LogP contribution in [-0.4, -0.2) is 29.9 Å². The van der Waals surface area contributed by atoms with Crippen LogP contribution in [0.1, 0.15) is 124 Å². The van der Waals surface area contributed by atoms with Crippen LogP contribution in [0.4, 0.5) is 11.4 Å². The third-order valence-corrected chi connectivity index (χ3v) is 12.8. The van der Waals surface area contributed by atoms with E-state index in [2.05, 4.69) is 24.3 Å². The van der Waals surface area contributed by atoms with Crippen molar-refractivity contribution >= 4 is 31.4 Å². The summed E-state index contributed by atoms with van der Waals surface area (Å²) in [6.45, 7) is 25.0. The number of fused-ring (bicyclic) bond motifs is 2. The zero-order valence-electron chi connectivity index (χ0n) is 39.6. The average molecular weight is 895 g/mol. The normalized spacial score (nSPS) is 11.4. The highest BCUT2D eigenvalue weighted by Gasteiger charge is 2.31. The van der Waals surface area contributed by atoms with E-state index in [1.165, 1.54) is 19.7 Å². The molecule has 0 atom stereocenters. The zero-order valence-corrected chi connectivity index (χ0v) is 41.2. The van der Waals surface area contributed by atoms with Gasteiger partial charge in [0.2, 0.25) is 0 Å². The molecule has 8 rings (SSSR count). The Morgan fingerprint density at radius 3 is 1.13 bits per heavy atom. The standard InChI is InChI=1S/2C21H19NO2S.6C2H6.CH4/c23-25(24,22-14-13-19-10-4-5-12-21(19)22)20-11-6-9-18(16-20)15-17-7-2-1-3-8-17;23-25(24,22-15-14-19-8-4-5-9-21(19)22)20-12-10-18(11-13-20)16-17-6-2-1-3-7-17;6*1-2;/h1-12,16H,13-15H2;1-13H,14-16H2;6*1-2H3;1H4. The molecule has 0 amide bonds. The molecule has 0 bridgehead atoms. The van der Waals surface area contributed by atoms with Gasteiger partial charge in [-0.2, -0.15) is 0 Å². The molecule has 0 radical (unpaired) electrons. The second-order valence-electron chi connectivity index (χ2n) is 12.5. The van der Waals surface area contributed by atoms with E-state index in [1.807, 2.05) is 192 Å². The smallest absolute Gasteiger partial charge is 0.264 e. The van der Waals surface area contributed by atoms with Crippen molar-refractivity contribution in [1.82, 2.24) is 0 Å². The Labute approximate surface area is 385 Å². The highest BCUT2D eigenvalue weighted by atomic mass is 32.2. The first-order valence-electron chi connectivity index (χ1n) is 22.8. The van der Waals surface area contributed by atoms with E-state index in [0.29, 0.717) is 22.9 Å². The van der Waals surface area contributed by atoms with Crippen LogP contribution in [-0.2, 0) is 45.7 Å². The molecule has 6 nitrogen and oxygen atoms in total. The molecule has 8 heteroatoms. The Kier molecular flexibility index (Phi) is 29.0. The van der Waals surface area contributed by atoms with Gasteiger partial charge in [-0.15, -0.1) is 0 Å². The topological polar surface area (TPSA) is 74.8 Å². The predicted molar refractivity (Wildman–Crippen MR) is 276 cm³/mol. The van der Waals surface area contributed by atoms with Crippen LogP contribution in [0.2, 0.25) is 0 Å². The van der Waals surface area contributed by atoms with E-state index in [4.69, 9.17) is 0 Å². The first-order valence-corrected chi connectivity index (χ1v) is 25.6. The number of nitrogens with zero attached hydrogens (tertiary/aromatic N) is 2. The molecule has 63 heavy (non-hydrogen) atoms. The van der Waals surface area contributed by atoms with Crippen LogP contribution in [0.25, 0.3) is 0 Å². The summed E-state index contributed by atoms with van der Waals surface area (Å²) in [6, 6.07) is 50.2. The van der Waals surface area contributed by atoms with E-state index in [-0.39, 0.29) is 7.43 Å². The summed E-state index contributed by atoms with van der Waals surface area (Å²) < 4.78 is 55.3. The maximum atomic E-state index is 13.1. The van der Waals surface area contributed by atoms with Crippen molar-refractivity contribution in [1.29, 1.82) is 0 Å². The molecule has 0 N–H and O–H groups in total.